The van der Waals surface area contributed by atoms with E-state index in [0.29, 0.717) is 0 Å². The monoisotopic (exact) mass is 163 g/mol. The molecule has 1 rings (SSSR count). The van der Waals surface area contributed by atoms with E-state index in [1.54, 1.807) is 0 Å². The molecule has 1 N–H and O–H groups in total. The molecule has 1 heteroatoms. The summed E-state index contributed by atoms with van der Waals surface area (Å²) in [6.45, 7) is 3.33. The summed E-state index contributed by atoms with van der Waals surface area (Å²) in [7, 11) is 0. The number of rotatable bonds is 4. The second-order valence-electron chi connectivity index (χ2n) is 3.06. The van der Waals surface area contributed by atoms with Gasteiger partial charge in [0.25, 0.3) is 0 Å². The molecule has 0 saturated heterocycles. The van der Waals surface area contributed by atoms with Crippen LogP contribution in [-0.2, 0) is 6.42 Å². The standard InChI is InChI=1S/C11H15O/c1-10-5-4-7-11(9-10)6-2-3-8-12/h4-5,7-9,12H,2-3,6H2,1H3. The van der Waals surface area contributed by atoms with E-state index >= 15 is 0 Å². The normalized spacial score (nSPS) is 10.2. The smallest absolute Gasteiger partial charge is 0.0799 e. The third-order valence-electron chi connectivity index (χ3n) is 1.88. The second kappa shape index (κ2) is 4.94. The fourth-order valence-corrected chi connectivity index (χ4v) is 1.27. The molecule has 0 spiro atoms. The molecular weight excluding hydrogens is 148 g/mol. The second-order valence-corrected chi connectivity index (χ2v) is 3.06. The molecule has 0 aliphatic rings. The lowest BCUT2D eigenvalue weighted by molar-refractivity contribution is 0.370. The first-order chi connectivity index (χ1) is 5.83. The molecule has 1 nitrogen and oxygen atoms in total. The van der Waals surface area contributed by atoms with Crippen molar-refractivity contribution in [2.45, 2.75) is 26.2 Å². The van der Waals surface area contributed by atoms with Gasteiger partial charge in [-0.25, -0.2) is 0 Å². The zero-order valence-electron chi connectivity index (χ0n) is 7.46. The highest BCUT2D eigenvalue weighted by Gasteiger charge is 1.92. The molecule has 0 aliphatic carbocycles. The maximum atomic E-state index is 8.47. The van der Waals surface area contributed by atoms with Crippen LogP contribution in [0.2, 0.25) is 0 Å². The van der Waals surface area contributed by atoms with Gasteiger partial charge in [0.2, 0.25) is 0 Å². The Morgan fingerprint density at radius 1 is 1.42 bits per heavy atom. The predicted octanol–water partition coefficient (Wildman–Crippen LogP) is 2.85. The quantitative estimate of drug-likeness (QED) is 0.677. The van der Waals surface area contributed by atoms with E-state index in [4.69, 9.17) is 5.11 Å². The Balaban J connectivity index is 2.41. The summed E-state index contributed by atoms with van der Waals surface area (Å²) in [5.41, 5.74) is 2.66. The SMILES string of the molecule is Cc1cccc(CCC[CH]O)c1. The molecule has 1 radical (unpaired) electrons. The van der Waals surface area contributed by atoms with Crippen molar-refractivity contribution >= 4 is 0 Å². The van der Waals surface area contributed by atoms with Gasteiger partial charge in [-0.1, -0.05) is 29.8 Å². The Morgan fingerprint density at radius 3 is 2.92 bits per heavy atom. The molecule has 0 heterocycles. The van der Waals surface area contributed by atoms with Crippen LogP contribution < -0.4 is 0 Å². The van der Waals surface area contributed by atoms with E-state index in [9.17, 15) is 0 Å². The van der Waals surface area contributed by atoms with E-state index in [1.807, 2.05) is 0 Å². The fraction of sp³-hybridized carbons (Fsp3) is 0.364. The summed E-state index contributed by atoms with van der Waals surface area (Å²) in [6.07, 6.45) is 2.87. The van der Waals surface area contributed by atoms with Crippen molar-refractivity contribution in [3.63, 3.8) is 0 Å². The Kier molecular flexibility index (Phi) is 3.81. The zero-order chi connectivity index (χ0) is 8.81. The predicted molar refractivity (Wildman–Crippen MR) is 50.4 cm³/mol. The summed E-state index contributed by atoms with van der Waals surface area (Å²) in [4.78, 5) is 0. The average molecular weight is 163 g/mol. The molecule has 0 aromatic heterocycles. The zero-order valence-corrected chi connectivity index (χ0v) is 7.46. The highest BCUT2D eigenvalue weighted by Crippen LogP contribution is 2.07. The van der Waals surface area contributed by atoms with Gasteiger partial charge in [0.05, 0.1) is 6.61 Å². The first-order valence-electron chi connectivity index (χ1n) is 4.34. The minimum Gasteiger partial charge on any atom is -0.390 e. The molecule has 0 saturated carbocycles. The Labute approximate surface area is 74.1 Å². The highest BCUT2D eigenvalue weighted by molar-refractivity contribution is 5.22. The van der Waals surface area contributed by atoms with E-state index in [0.717, 1.165) is 19.3 Å². The number of hydrogen-bond acceptors (Lipinski definition) is 1. The van der Waals surface area contributed by atoms with E-state index in [2.05, 4.69) is 31.2 Å². The van der Waals surface area contributed by atoms with E-state index in [-0.39, 0.29) is 0 Å². The van der Waals surface area contributed by atoms with Crippen LogP contribution in [0.15, 0.2) is 24.3 Å². The van der Waals surface area contributed by atoms with Gasteiger partial charge in [0.1, 0.15) is 0 Å². The van der Waals surface area contributed by atoms with Crippen molar-refractivity contribution in [1.82, 2.24) is 0 Å². The average Bonchev–Trinajstić information content (AvgIpc) is 2.05. The molecular formula is C11H15O. The summed E-state index contributed by atoms with van der Waals surface area (Å²) >= 11 is 0. The molecule has 65 valence electrons. The largest absolute Gasteiger partial charge is 0.390 e. The Bertz CT molecular complexity index is 230. The topological polar surface area (TPSA) is 20.2 Å². The number of hydrogen-bond donors (Lipinski definition) is 1. The van der Waals surface area contributed by atoms with Gasteiger partial charge < -0.3 is 5.11 Å². The molecule has 0 bridgehead atoms. The van der Waals surface area contributed by atoms with Crippen molar-refractivity contribution < 1.29 is 5.11 Å². The maximum absolute atomic E-state index is 8.47. The van der Waals surface area contributed by atoms with Crippen LogP contribution in [0.5, 0.6) is 0 Å². The Hall–Kier alpha value is -0.820. The van der Waals surface area contributed by atoms with Gasteiger partial charge >= 0.3 is 0 Å². The number of benzene rings is 1. The van der Waals surface area contributed by atoms with E-state index < -0.39 is 0 Å². The maximum Gasteiger partial charge on any atom is 0.0799 e. The lowest BCUT2D eigenvalue weighted by atomic mass is 10.1. The van der Waals surface area contributed by atoms with Crippen LogP contribution in [-0.4, -0.2) is 5.11 Å². The molecule has 0 fully saturated rings. The van der Waals surface area contributed by atoms with Crippen LogP contribution in [0.25, 0.3) is 0 Å². The molecule has 1 aromatic carbocycles. The van der Waals surface area contributed by atoms with Crippen molar-refractivity contribution in [1.29, 1.82) is 0 Å². The van der Waals surface area contributed by atoms with Gasteiger partial charge in [-0.05, 0) is 31.7 Å². The summed E-state index contributed by atoms with van der Waals surface area (Å²) < 4.78 is 0. The molecule has 0 amide bonds. The van der Waals surface area contributed by atoms with Crippen LogP contribution in [0.1, 0.15) is 24.0 Å². The van der Waals surface area contributed by atoms with Crippen LogP contribution in [0.4, 0.5) is 0 Å². The van der Waals surface area contributed by atoms with Gasteiger partial charge in [-0.3, -0.25) is 0 Å². The van der Waals surface area contributed by atoms with Crippen LogP contribution >= 0.6 is 0 Å². The lowest BCUT2D eigenvalue weighted by Gasteiger charge is -2.00. The van der Waals surface area contributed by atoms with Crippen molar-refractivity contribution in [3.8, 4) is 0 Å². The van der Waals surface area contributed by atoms with Crippen molar-refractivity contribution in [3.05, 3.63) is 42.0 Å². The molecule has 0 atom stereocenters. The van der Waals surface area contributed by atoms with Gasteiger partial charge in [-0.2, -0.15) is 0 Å². The molecule has 1 aromatic rings. The minimum absolute atomic E-state index is 0.786. The first kappa shape index (κ1) is 9.27. The number of aliphatic hydroxyl groups is 1. The lowest BCUT2D eigenvalue weighted by Crippen LogP contribution is -1.86. The third-order valence-corrected chi connectivity index (χ3v) is 1.88. The first-order valence-corrected chi connectivity index (χ1v) is 4.34. The fourth-order valence-electron chi connectivity index (χ4n) is 1.27. The highest BCUT2D eigenvalue weighted by atomic mass is 16.2. The summed E-state index contributed by atoms with van der Waals surface area (Å²) in [5, 5.41) is 8.47. The molecule has 0 aliphatic heterocycles. The van der Waals surface area contributed by atoms with Gasteiger partial charge in [-0.15, -0.1) is 0 Å². The number of aliphatic hydroxyl groups excluding tert-OH is 1. The van der Waals surface area contributed by atoms with Crippen molar-refractivity contribution in [2.75, 3.05) is 0 Å². The van der Waals surface area contributed by atoms with Crippen molar-refractivity contribution in [2.24, 2.45) is 0 Å². The molecule has 0 unspecified atom stereocenters. The van der Waals surface area contributed by atoms with Gasteiger partial charge in [0, 0.05) is 0 Å². The number of aryl methyl sites for hydroxylation is 2. The number of unbranched alkanes of at least 4 members (excludes halogenated alkanes) is 1. The minimum atomic E-state index is 0.786. The van der Waals surface area contributed by atoms with Crippen LogP contribution in [0.3, 0.4) is 0 Å². The summed E-state index contributed by atoms with van der Waals surface area (Å²) in [5.74, 6) is 0. The van der Waals surface area contributed by atoms with Crippen LogP contribution in [0, 0.1) is 13.5 Å². The van der Waals surface area contributed by atoms with E-state index in [1.165, 1.54) is 17.7 Å². The third kappa shape index (κ3) is 3.05. The Morgan fingerprint density at radius 2 is 2.25 bits per heavy atom. The summed E-state index contributed by atoms with van der Waals surface area (Å²) in [6, 6.07) is 8.50. The molecule has 12 heavy (non-hydrogen) atoms. The van der Waals surface area contributed by atoms with Gasteiger partial charge in [0.15, 0.2) is 0 Å².